The molecule has 1 atom stereocenters. The highest BCUT2D eigenvalue weighted by Crippen LogP contribution is 2.41. The molecule has 0 aromatic carbocycles. The first-order valence-electron chi connectivity index (χ1n) is 6.19. The van der Waals surface area contributed by atoms with Crippen molar-refractivity contribution in [1.82, 2.24) is 15.1 Å². The SMILES string of the molecule is CC(C)NC(Cn1cc(I)cn1)(C(N)=O)C1CC1. The van der Waals surface area contributed by atoms with E-state index in [9.17, 15) is 4.79 Å². The van der Waals surface area contributed by atoms with E-state index in [1.54, 1.807) is 10.9 Å². The zero-order chi connectivity index (χ0) is 13.3. The number of primary amides is 1. The normalized spacial score (nSPS) is 18.9. The van der Waals surface area contributed by atoms with Gasteiger partial charge in [0.05, 0.1) is 16.3 Å². The van der Waals surface area contributed by atoms with Gasteiger partial charge < -0.3 is 5.73 Å². The quantitative estimate of drug-likeness (QED) is 0.745. The van der Waals surface area contributed by atoms with Crippen LogP contribution in [0.15, 0.2) is 12.4 Å². The molecule has 18 heavy (non-hydrogen) atoms. The first-order chi connectivity index (χ1) is 8.44. The van der Waals surface area contributed by atoms with Crippen molar-refractivity contribution in [2.45, 2.75) is 44.8 Å². The molecular formula is C12H19IN4O. The summed E-state index contributed by atoms with van der Waals surface area (Å²) in [7, 11) is 0. The highest BCUT2D eigenvalue weighted by Gasteiger charge is 2.50. The molecule has 0 spiro atoms. The molecule has 1 fully saturated rings. The maximum atomic E-state index is 12.0. The number of nitrogens with one attached hydrogen (secondary N) is 1. The fourth-order valence-electron chi connectivity index (χ4n) is 2.41. The number of rotatable bonds is 6. The van der Waals surface area contributed by atoms with Gasteiger partial charge in [0.2, 0.25) is 5.91 Å². The summed E-state index contributed by atoms with van der Waals surface area (Å²) in [5.74, 6) is 0.0588. The summed E-state index contributed by atoms with van der Waals surface area (Å²) in [5.41, 5.74) is 5.01. The molecule has 1 aromatic rings. The number of hydrogen-bond acceptors (Lipinski definition) is 3. The molecule has 2 rings (SSSR count). The van der Waals surface area contributed by atoms with Gasteiger partial charge in [-0.3, -0.25) is 14.8 Å². The second-order valence-electron chi connectivity index (χ2n) is 5.27. The van der Waals surface area contributed by atoms with E-state index < -0.39 is 5.54 Å². The van der Waals surface area contributed by atoms with Crippen LogP contribution in [0.25, 0.3) is 0 Å². The average Bonchev–Trinajstić information content (AvgIpc) is 3.02. The lowest BCUT2D eigenvalue weighted by atomic mass is 9.91. The lowest BCUT2D eigenvalue weighted by Crippen LogP contribution is -2.61. The van der Waals surface area contributed by atoms with Crippen molar-refractivity contribution in [1.29, 1.82) is 0 Å². The van der Waals surface area contributed by atoms with E-state index in [0.29, 0.717) is 12.5 Å². The molecule has 6 heteroatoms. The second kappa shape index (κ2) is 5.16. The van der Waals surface area contributed by atoms with Crippen LogP contribution in [0.1, 0.15) is 26.7 Å². The molecule has 1 unspecified atom stereocenters. The highest BCUT2D eigenvalue weighted by molar-refractivity contribution is 14.1. The molecule has 3 N–H and O–H groups in total. The Morgan fingerprint density at radius 2 is 2.39 bits per heavy atom. The van der Waals surface area contributed by atoms with Crippen molar-refractivity contribution in [2.24, 2.45) is 11.7 Å². The third kappa shape index (κ3) is 2.85. The Bertz CT molecular complexity index is 441. The van der Waals surface area contributed by atoms with Gasteiger partial charge in [-0.2, -0.15) is 5.10 Å². The minimum Gasteiger partial charge on any atom is -0.368 e. The van der Waals surface area contributed by atoms with Gasteiger partial charge in [0, 0.05) is 12.2 Å². The molecule has 0 saturated heterocycles. The number of amides is 1. The molecule has 5 nitrogen and oxygen atoms in total. The van der Waals surface area contributed by atoms with Gasteiger partial charge >= 0.3 is 0 Å². The molecule has 1 aliphatic rings. The summed E-state index contributed by atoms with van der Waals surface area (Å²) in [6.07, 6.45) is 5.83. The van der Waals surface area contributed by atoms with Crippen LogP contribution < -0.4 is 11.1 Å². The van der Waals surface area contributed by atoms with Crippen LogP contribution in [-0.4, -0.2) is 27.3 Å². The fraction of sp³-hybridized carbons (Fsp3) is 0.667. The van der Waals surface area contributed by atoms with Crippen molar-refractivity contribution in [3.8, 4) is 0 Å². The van der Waals surface area contributed by atoms with E-state index >= 15 is 0 Å². The summed E-state index contributed by atoms with van der Waals surface area (Å²) >= 11 is 2.21. The van der Waals surface area contributed by atoms with Gasteiger partial charge in [-0.1, -0.05) is 0 Å². The number of nitrogens with two attached hydrogens (primary N) is 1. The van der Waals surface area contributed by atoms with Crippen LogP contribution in [0.4, 0.5) is 0 Å². The van der Waals surface area contributed by atoms with Crippen molar-refractivity contribution in [2.75, 3.05) is 0 Å². The summed E-state index contributed by atoms with van der Waals surface area (Å²) < 4.78 is 2.87. The molecule has 1 aromatic heterocycles. The van der Waals surface area contributed by atoms with Crippen molar-refractivity contribution >= 4 is 28.5 Å². The third-order valence-corrected chi connectivity index (χ3v) is 3.83. The molecule has 100 valence electrons. The molecule has 1 aliphatic carbocycles. The number of hydrogen-bond donors (Lipinski definition) is 2. The van der Waals surface area contributed by atoms with E-state index in [0.717, 1.165) is 16.4 Å². The van der Waals surface area contributed by atoms with Gasteiger partial charge in [0.15, 0.2) is 0 Å². The molecule has 1 amide bonds. The molecular weight excluding hydrogens is 343 g/mol. The maximum absolute atomic E-state index is 12.0. The Balaban J connectivity index is 2.25. The van der Waals surface area contributed by atoms with Crippen LogP contribution in [0.2, 0.25) is 0 Å². The monoisotopic (exact) mass is 362 g/mol. The van der Waals surface area contributed by atoms with E-state index in [-0.39, 0.29) is 11.9 Å². The predicted molar refractivity (Wildman–Crippen MR) is 77.9 cm³/mol. The number of carbonyl (C=O) groups is 1. The van der Waals surface area contributed by atoms with E-state index in [1.807, 2.05) is 20.0 Å². The first-order valence-corrected chi connectivity index (χ1v) is 7.27. The topological polar surface area (TPSA) is 72.9 Å². The lowest BCUT2D eigenvalue weighted by molar-refractivity contribution is -0.126. The summed E-state index contributed by atoms with van der Waals surface area (Å²) in [6, 6.07) is 0.215. The van der Waals surface area contributed by atoms with Crippen LogP contribution in [0, 0.1) is 9.49 Å². The van der Waals surface area contributed by atoms with Crippen LogP contribution in [-0.2, 0) is 11.3 Å². The van der Waals surface area contributed by atoms with Gasteiger partial charge in [0.25, 0.3) is 0 Å². The first kappa shape index (κ1) is 13.8. The van der Waals surface area contributed by atoms with Crippen LogP contribution >= 0.6 is 22.6 Å². The molecule has 1 heterocycles. The Labute approximate surface area is 121 Å². The average molecular weight is 362 g/mol. The van der Waals surface area contributed by atoms with Gasteiger partial charge in [-0.25, -0.2) is 0 Å². The van der Waals surface area contributed by atoms with Crippen molar-refractivity contribution < 1.29 is 4.79 Å². The van der Waals surface area contributed by atoms with Gasteiger partial charge in [0.1, 0.15) is 5.54 Å². The van der Waals surface area contributed by atoms with Crippen LogP contribution in [0.5, 0.6) is 0 Å². The third-order valence-electron chi connectivity index (χ3n) is 3.27. The zero-order valence-electron chi connectivity index (χ0n) is 10.7. The molecule has 0 bridgehead atoms. The Morgan fingerprint density at radius 3 is 2.78 bits per heavy atom. The van der Waals surface area contributed by atoms with E-state index in [1.165, 1.54) is 0 Å². The standard InChI is InChI=1S/C12H19IN4O/c1-8(2)16-12(11(14)18,9-3-4-9)7-17-6-10(13)5-15-17/h5-6,8-9,16H,3-4,7H2,1-2H3,(H2,14,18). The number of halogens is 1. The molecule has 1 saturated carbocycles. The van der Waals surface area contributed by atoms with E-state index in [2.05, 4.69) is 33.0 Å². The summed E-state index contributed by atoms with van der Waals surface area (Å²) in [4.78, 5) is 12.0. The minimum atomic E-state index is -0.663. The van der Waals surface area contributed by atoms with Crippen molar-refractivity contribution in [3.63, 3.8) is 0 Å². The van der Waals surface area contributed by atoms with E-state index in [4.69, 9.17) is 5.73 Å². The largest absolute Gasteiger partial charge is 0.368 e. The Morgan fingerprint density at radius 1 is 1.72 bits per heavy atom. The fourth-order valence-corrected chi connectivity index (χ4v) is 2.86. The zero-order valence-corrected chi connectivity index (χ0v) is 12.8. The summed E-state index contributed by atoms with van der Waals surface area (Å²) in [6.45, 7) is 4.58. The minimum absolute atomic E-state index is 0.215. The smallest absolute Gasteiger partial charge is 0.239 e. The van der Waals surface area contributed by atoms with Gasteiger partial charge in [-0.15, -0.1) is 0 Å². The molecule has 0 aliphatic heterocycles. The number of aromatic nitrogens is 2. The highest BCUT2D eigenvalue weighted by atomic mass is 127. The predicted octanol–water partition coefficient (Wildman–Crippen LogP) is 1.12. The second-order valence-corrected chi connectivity index (χ2v) is 6.51. The van der Waals surface area contributed by atoms with Crippen molar-refractivity contribution in [3.05, 3.63) is 16.0 Å². The Hall–Kier alpha value is -0.630. The Kier molecular flexibility index (Phi) is 3.96. The number of nitrogens with zero attached hydrogens (tertiary/aromatic N) is 2. The maximum Gasteiger partial charge on any atom is 0.239 e. The van der Waals surface area contributed by atoms with Gasteiger partial charge in [-0.05, 0) is 55.2 Å². The van der Waals surface area contributed by atoms with Crippen LogP contribution in [0.3, 0.4) is 0 Å². The summed E-state index contributed by atoms with van der Waals surface area (Å²) in [5, 5.41) is 7.64. The number of carbonyl (C=O) groups excluding carboxylic acids is 1. The molecule has 0 radical (unpaired) electrons. The lowest BCUT2D eigenvalue weighted by Gasteiger charge is -2.34.